The van der Waals surface area contributed by atoms with Crippen molar-refractivity contribution in [2.45, 2.75) is 46.2 Å². The first-order chi connectivity index (χ1) is 11.7. The molecule has 2 atom stereocenters. The Kier molecular flexibility index (Phi) is 4.95. The van der Waals surface area contributed by atoms with E-state index in [1.807, 2.05) is 26.0 Å². The number of fused-ring (bicyclic) bond motifs is 1. The summed E-state index contributed by atoms with van der Waals surface area (Å²) >= 11 is 0. The van der Waals surface area contributed by atoms with Crippen molar-refractivity contribution in [2.24, 2.45) is 5.92 Å². The van der Waals surface area contributed by atoms with E-state index in [-0.39, 0.29) is 29.5 Å². The van der Waals surface area contributed by atoms with Crippen molar-refractivity contribution in [2.75, 3.05) is 29.5 Å². The molecule has 0 radical (unpaired) electrons. The first-order valence-corrected chi connectivity index (χ1v) is 10.8. The van der Waals surface area contributed by atoms with Crippen LogP contribution in [0.5, 0.6) is 0 Å². The number of hydrogen-bond donors (Lipinski definition) is 0. The second kappa shape index (κ2) is 6.72. The summed E-state index contributed by atoms with van der Waals surface area (Å²) in [5.41, 5.74) is 3.00. The van der Waals surface area contributed by atoms with Crippen LogP contribution in [-0.4, -0.2) is 55.9 Å². The van der Waals surface area contributed by atoms with Crippen LogP contribution in [0.1, 0.15) is 31.4 Å². The number of hydrogen-bond acceptors (Lipinski definition) is 4. The molecule has 0 aliphatic carbocycles. The highest BCUT2D eigenvalue weighted by Crippen LogP contribution is 2.32. The molecule has 6 heteroatoms. The largest absolute Gasteiger partial charge is 0.306 e. The lowest BCUT2D eigenvalue weighted by Crippen LogP contribution is -2.62. The molecule has 2 fully saturated rings. The SMILES string of the molecule is Cc1cc(C)cc(N2C(=O)CN(CCC(C)C)C3CS(=O)(=O)CC32)c1. The fourth-order valence-corrected chi connectivity index (χ4v) is 6.03. The minimum absolute atomic E-state index is 0.00658. The maximum absolute atomic E-state index is 12.9. The molecule has 2 aliphatic heterocycles. The van der Waals surface area contributed by atoms with Gasteiger partial charge in [-0.05, 0) is 56.0 Å². The van der Waals surface area contributed by atoms with Crippen LogP contribution in [0.15, 0.2) is 18.2 Å². The minimum Gasteiger partial charge on any atom is -0.306 e. The van der Waals surface area contributed by atoms with Gasteiger partial charge in [0.2, 0.25) is 5.91 Å². The molecule has 2 aliphatic rings. The zero-order valence-corrected chi connectivity index (χ0v) is 16.3. The number of carbonyl (C=O) groups excluding carboxylic acids is 1. The van der Waals surface area contributed by atoms with Crippen molar-refractivity contribution >= 4 is 21.4 Å². The van der Waals surface area contributed by atoms with Crippen LogP contribution in [0.2, 0.25) is 0 Å². The molecule has 25 heavy (non-hydrogen) atoms. The summed E-state index contributed by atoms with van der Waals surface area (Å²) in [5, 5.41) is 0. The molecule has 0 aromatic heterocycles. The van der Waals surface area contributed by atoms with Gasteiger partial charge in [0.25, 0.3) is 0 Å². The van der Waals surface area contributed by atoms with Crippen LogP contribution in [0.4, 0.5) is 5.69 Å². The fraction of sp³-hybridized carbons (Fsp3) is 0.632. The van der Waals surface area contributed by atoms with E-state index in [0.29, 0.717) is 12.5 Å². The topological polar surface area (TPSA) is 57.7 Å². The van der Waals surface area contributed by atoms with Gasteiger partial charge in [-0.3, -0.25) is 9.69 Å². The molecular weight excluding hydrogens is 336 g/mol. The molecule has 138 valence electrons. The number of amides is 1. The van der Waals surface area contributed by atoms with Gasteiger partial charge in [-0.1, -0.05) is 19.9 Å². The predicted octanol–water partition coefficient (Wildman–Crippen LogP) is 2.16. The Morgan fingerprint density at radius 3 is 2.28 bits per heavy atom. The number of anilines is 1. The normalized spacial score (nSPS) is 26.3. The summed E-state index contributed by atoms with van der Waals surface area (Å²) in [5.74, 6) is 0.759. The summed E-state index contributed by atoms with van der Waals surface area (Å²) in [6.45, 7) is 9.38. The van der Waals surface area contributed by atoms with Gasteiger partial charge < -0.3 is 4.90 Å². The lowest BCUT2D eigenvalue weighted by Gasteiger charge is -2.43. The van der Waals surface area contributed by atoms with Crippen molar-refractivity contribution < 1.29 is 13.2 Å². The number of nitrogens with zero attached hydrogens (tertiary/aromatic N) is 2. The van der Waals surface area contributed by atoms with Gasteiger partial charge in [0.1, 0.15) is 0 Å². The van der Waals surface area contributed by atoms with Crippen LogP contribution >= 0.6 is 0 Å². The third kappa shape index (κ3) is 3.90. The van der Waals surface area contributed by atoms with E-state index in [2.05, 4.69) is 24.8 Å². The average Bonchev–Trinajstić information content (AvgIpc) is 2.78. The van der Waals surface area contributed by atoms with Crippen molar-refractivity contribution in [3.8, 4) is 0 Å². The maximum Gasteiger partial charge on any atom is 0.241 e. The molecule has 3 rings (SSSR count). The highest BCUT2D eigenvalue weighted by Gasteiger charge is 2.49. The van der Waals surface area contributed by atoms with Crippen molar-refractivity contribution in [3.05, 3.63) is 29.3 Å². The van der Waals surface area contributed by atoms with Crippen LogP contribution < -0.4 is 4.90 Å². The first-order valence-electron chi connectivity index (χ1n) is 9.01. The molecule has 0 bridgehead atoms. The fourth-order valence-electron chi connectivity index (χ4n) is 4.05. The van der Waals surface area contributed by atoms with Gasteiger partial charge in [0.15, 0.2) is 9.84 Å². The number of benzene rings is 1. The number of rotatable bonds is 4. The molecule has 2 heterocycles. The van der Waals surface area contributed by atoms with Gasteiger partial charge in [0, 0.05) is 11.7 Å². The van der Waals surface area contributed by atoms with E-state index in [0.717, 1.165) is 29.8 Å². The van der Waals surface area contributed by atoms with Gasteiger partial charge in [-0.25, -0.2) is 8.42 Å². The zero-order chi connectivity index (χ0) is 18.4. The van der Waals surface area contributed by atoms with Crippen LogP contribution in [-0.2, 0) is 14.6 Å². The highest BCUT2D eigenvalue weighted by atomic mass is 32.2. The van der Waals surface area contributed by atoms with Crippen molar-refractivity contribution in [3.63, 3.8) is 0 Å². The molecule has 2 saturated heterocycles. The summed E-state index contributed by atoms with van der Waals surface area (Å²) in [7, 11) is -3.12. The third-order valence-electron chi connectivity index (χ3n) is 5.18. The monoisotopic (exact) mass is 364 g/mol. The summed E-state index contributed by atoms with van der Waals surface area (Å²) in [6.07, 6.45) is 0.972. The molecule has 1 aromatic rings. The Morgan fingerprint density at radius 1 is 1.08 bits per heavy atom. The van der Waals surface area contributed by atoms with E-state index in [1.165, 1.54) is 0 Å². The van der Waals surface area contributed by atoms with Gasteiger partial charge >= 0.3 is 0 Å². The summed E-state index contributed by atoms with van der Waals surface area (Å²) in [4.78, 5) is 16.8. The maximum atomic E-state index is 12.9. The predicted molar refractivity (Wildman–Crippen MR) is 101 cm³/mol. The van der Waals surface area contributed by atoms with E-state index in [9.17, 15) is 13.2 Å². The molecule has 1 amide bonds. The second-order valence-electron chi connectivity index (χ2n) is 7.97. The number of sulfone groups is 1. The Bertz CT molecular complexity index is 753. The van der Waals surface area contributed by atoms with E-state index < -0.39 is 9.84 Å². The number of aryl methyl sites for hydroxylation is 2. The third-order valence-corrected chi connectivity index (χ3v) is 6.88. The second-order valence-corrected chi connectivity index (χ2v) is 10.1. The van der Waals surface area contributed by atoms with Crippen LogP contribution in [0.25, 0.3) is 0 Å². The standard InChI is InChI=1S/C19H28N2O3S/c1-13(2)5-6-20-10-19(22)21(16-8-14(3)7-15(4)9-16)18-12-25(23,24)11-17(18)20/h7-9,13,17-18H,5-6,10-12H2,1-4H3. The Labute approximate surface area is 150 Å². The highest BCUT2D eigenvalue weighted by molar-refractivity contribution is 7.91. The lowest BCUT2D eigenvalue weighted by atomic mass is 10.0. The minimum atomic E-state index is -3.12. The van der Waals surface area contributed by atoms with Crippen LogP contribution in [0, 0.1) is 19.8 Å². The molecule has 1 aromatic carbocycles. The van der Waals surface area contributed by atoms with Gasteiger partial charge in [0.05, 0.1) is 24.1 Å². The number of piperazine rings is 1. The molecule has 2 unspecified atom stereocenters. The molecular formula is C19H28N2O3S. The summed E-state index contributed by atoms with van der Waals surface area (Å²) in [6, 6.07) is 5.66. The van der Waals surface area contributed by atoms with Gasteiger partial charge in [-0.15, -0.1) is 0 Å². The van der Waals surface area contributed by atoms with E-state index in [1.54, 1.807) is 4.90 Å². The van der Waals surface area contributed by atoms with Crippen LogP contribution in [0.3, 0.4) is 0 Å². The Hall–Kier alpha value is -1.40. The summed E-state index contributed by atoms with van der Waals surface area (Å²) < 4.78 is 24.7. The lowest BCUT2D eigenvalue weighted by molar-refractivity contribution is -0.123. The van der Waals surface area contributed by atoms with E-state index >= 15 is 0 Å². The first kappa shape index (κ1) is 18.4. The smallest absolute Gasteiger partial charge is 0.241 e. The molecule has 0 N–H and O–H groups in total. The van der Waals surface area contributed by atoms with Crippen molar-refractivity contribution in [1.29, 1.82) is 0 Å². The van der Waals surface area contributed by atoms with Gasteiger partial charge in [-0.2, -0.15) is 0 Å². The molecule has 5 nitrogen and oxygen atoms in total. The quantitative estimate of drug-likeness (QED) is 0.822. The number of carbonyl (C=O) groups is 1. The molecule has 0 saturated carbocycles. The Balaban J connectivity index is 1.94. The van der Waals surface area contributed by atoms with Crippen molar-refractivity contribution in [1.82, 2.24) is 4.90 Å². The zero-order valence-electron chi connectivity index (χ0n) is 15.5. The average molecular weight is 365 g/mol. The molecule has 0 spiro atoms. The van der Waals surface area contributed by atoms with E-state index in [4.69, 9.17) is 0 Å². The Morgan fingerprint density at radius 2 is 1.68 bits per heavy atom.